The minimum absolute atomic E-state index is 0.184. The van der Waals surface area contributed by atoms with Gasteiger partial charge >= 0.3 is 0 Å². The van der Waals surface area contributed by atoms with Crippen molar-refractivity contribution in [2.45, 2.75) is 20.0 Å². The Labute approximate surface area is 150 Å². The van der Waals surface area contributed by atoms with Gasteiger partial charge in [0.15, 0.2) is 0 Å². The van der Waals surface area contributed by atoms with E-state index in [1.807, 2.05) is 31.2 Å². The van der Waals surface area contributed by atoms with E-state index in [0.29, 0.717) is 12.1 Å². The minimum Gasteiger partial charge on any atom is -0.348 e. The molecular weight excluding hydrogens is 336 g/mol. The van der Waals surface area contributed by atoms with Crippen molar-refractivity contribution in [2.75, 3.05) is 5.75 Å². The van der Waals surface area contributed by atoms with Gasteiger partial charge in [0, 0.05) is 12.1 Å². The molecule has 1 saturated heterocycles. The number of amides is 3. The second-order valence-corrected chi connectivity index (χ2v) is 6.83. The van der Waals surface area contributed by atoms with Crippen LogP contribution in [0.25, 0.3) is 0 Å². The van der Waals surface area contributed by atoms with Crippen molar-refractivity contribution in [2.24, 2.45) is 0 Å². The molecule has 1 aliphatic heterocycles. The van der Waals surface area contributed by atoms with Crippen LogP contribution >= 0.6 is 11.8 Å². The number of nitrogens with one attached hydrogen (secondary N) is 1. The molecule has 3 rings (SSSR count). The molecule has 25 heavy (non-hydrogen) atoms. The zero-order chi connectivity index (χ0) is 17.8. The summed E-state index contributed by atoms with van der Waals surface area (Å²) < 4.78 is 0. The summed E-state index contributed by atoms with van der Waals surface area (Å²) in [4.78, 5) is 37.0. The first kappa shape index (κ1) is 17.2. The van der Waals surface area contributed by atoms with Crippen LogP contribution in [0.2, 0.25) is 0 Å². The molecule has 2 aromatic rings. The highest BCUT2D eigenvalue weighted by molar-refractivity contribution is 8.14. The van der Waals surface area contributed by atoms with E-state index in [9.17, 15) is 14.4 Å². The second-order valence-electron chi connectivity index (χ2n) is 5.91. The molecule has 1 heterocycles. The fourth-order valence-electron chi connectivity index (χ4n) is 2.63. The lowest BCUT2D eigenvalue weighted by molar-refractivity contribution is -0.125. The number of imide groups is 1. The molecule has 0 bridgehead atoms. The summed E-state index contributed by atoms with van der Waals surface area (Å²) in [5, 5.41) is 2.65. The number of benzene rings is 2. The third-order valence-corrected chi connectivity index (χ3v) is 4.76. The van der Waals surface area contributed by atoms with Crippen LogP contribution in [0.1, 0.15) is 27.0 Å². The third-order valence-electron chi connectivity index (χ3n) is 3.91. The third kappa shape index (κ3) is 4.28. The maximum Gasteiger partial charge on any atom is 0.289 e. The van der Waals surface area contributed by atoms with Gasteiger partial charge in [-0.2, -0.15) is 0 Å². The molecule has 6 heteroatoms. The molecule has 2 aromatic carbocycles. The molecule has 128 valence electrons. The normalized spacial score (nSPS) is 14.0. The molecule has 3 amide bonds. The van der Waals surface area contributed by atoms with Crippen molar-refractivity contribution < 1.29 is 14.4 Å². The lowest BCUT2D eigenvalue weighted by atomic mass is 10.1. The standard InChI is InChI=1S/C19H18N2O3S/c1-13-4-2-5-14(8-13)10-20-18(23)16-7-3-6-15(9-16)11-21-17(22)12-25-19(21)24/h2-9H,10-12H2,1H3,(H,20,23). The van der Waals surface area contributed by atoms with Gasteiger partial charge in [0.25, 0.3) is 11.1 Å². The highest BCUT2D eigenvalue weighted by Crippen LogP contribution is 2.21. The van der Waals surface area contributed by atoms with Gasteiger partial charge in [0.1, 0.15) is 0 Å². The van der Waals surface area contributed by atoms with E-state index in [1.165, 1.54) is 4.90 Å². The second kappa shape index (κ2) is 7.53. The Morgan fingerprint density at radius 1 is 1.12 bits per heavy atom. The molecule has 1 fully saturated rings. The zero-order valence-corrected chi connectivity index (χ0v) is 14.6. The summed E-state index contributed by atoms with van der Waals surface area (Å²) in [6.07, 6.45) is 0. The average Bonchev–Trinajstić information content (AvgIpc) is 2.92. The van der Waals surface area contributed by atoms with E-state index in [4.69, 9.17) is 0 Å². The highest BCUT2D eigenvalue weighted by atomic mass is 32.2. The largest absolute Gasteiger partial charge is 0.348 e. The smallest absolute Gasteiger partial charge is 0.289 e. The lowest BCUT2D eigenvalue weighted by Crippen LogP contribution is -2.28. The number of carbonyl (C=O) groups is 3. The van der Waals surface area contributed by atoms with Gasteiger partial charge in [-0.1, -0.05) is 53.7 Å². The Morgan fingerprint density at radius 3 is 2.60 bits per heavy atom. The maximum atomic E-state index is 12.4. The fraction of sp³-hybridized carbons (Fsp3) is 0.211. The van der Waals surface area contributed by atoms with Gasteiger partial charge in [0.2, 0.25) is 5.91 Å². The Kier molecular flexibility index (Phi) is 5.19. The highest BCUT2D eigenvalue weighted by Gasteiger charge is 2.29. The molecule has 0 aromatic heterocycles. The number of hydrogen-bond donors (Lipinski definition) is 1. The predicted octanol–water partition coefficient (Wildman–Crippen LogP) is 3.12. The SMILES string of the molecule is Cc1cccc(CNC(=O)c2cccc(CN3C(=O)CSC3=O)c2)c1. The van der Waals surface area contributed by atoms with Crippen molar-refractivity contribution in [3.8, 4) is 0 Å². The number of hydrogen-bond acceptors (Lipinski definition) is 4. The van der Waals surface area contributed by atoms with Crippen LogP contribution in [-0.4, -0.2) is 27.7 Å². The number of nitrogens with zero attached hydrogens (tertiary/aromatic N) is 1. The monoisotopic (exact) mass is 354 g/mol. The first-order chi connectivity index (χ1) is 12.0. The molecule has 1 N–H and O–H groups in total. The topological polar surface area (TPSA) is 66.5 Å². The van der Waals surface area contributed by atoms with Gasteiger partial charge in [-0.15, -0.1) is 0 Å². The van der Waals surface area contributed by atoms with E-state index >= 15 is 0 Å². The van der Waals surface area contributed by atoms with Gasteiger partial charge < -0.3 is 5.32 Å². The van der Waals surface area contributed by atoms with Crippen LogP contribution in [0.3, 0.4) is 0 Å². The van der Waals surface area contributed by atoms with Crippen LogP contribution in [-0.2, 0) is 17.9 Å². The van der Waals surface area contributed by atoms with Crippen molar-refractivity contribution in [1.29, 1.82) is 0 Å². The van der Waals surface area contributed by atoms with Crippen LogP contribution in [0.5, 0.6) is 0 Å². The molecular formula is C19H18N2O3S. The summed E-state index contributed by atoms with van der Waals surface area (Å²) >= 11 is 1.01. The molecule has 0 unspecified atom stereocenters. The van der Waals surface area contributed by atoms with Crippen LogP contribution < -0.4 is 5.32 Å². The van der Waals surface area contributed by atoms with E-state index in [-0.39, 0.29) is 29.4 Å². The lowest BCUT2D eigenvalue weighted by Gasteiger charge is -2.13. The van der Waals surface area contributed by atoms with E-state index in [1.54, 1.807) is 24.3 Å². The van der Waals surface area contributed by atoms with Crippen molar-refractivity contribution in [3.63, 3.8) is 0 Å². The molecule has 0 spiro atoms. The quantitative estimate of drug-likeness (QED) is 0.896. The Balaban J connectivity index is 1.65. The van der Waals surface area contributed by atoms with E-state index < -0.39 is 0 Å². The maximum absolute atomic E-state index is 12.4. The molecule has 0 radical (unpaired) electrons. The molecule has 5 nitrogen and oxygen atoms in total. The molecule has 0 saturated carbocycles. The van der Waals surface area contributed by atoms with Crippen LogP contribution in [0.15, 0.2) is 48.5 Å². The summed E-state index contributed by atoms with van der Waals surface area (Å²) in [6, 6.07) is 15.0. The van der Waals surface area contributed by atoms with Gasteiger partial charge in [0.05, 0.1) is 12.3 Å². The van der Waals surface area contributed by atoms with Crippen molar-refractivity contribution in [3.05, 3.63) is 70.8 Å². The van der Waals surface area contributed by atoms with Gasteiger partial charge in [-0.05, 0) is 30.2 Å². The Bertz CT molecular complexity index is 819. The van der Waals surface area contributed by atoms with Crippen molar-refractivity contribution >= 4 is 28.8 Å². The minimum atomic E-state index is -0.237. The Hall–Kier alpha value is -2.60. The summed E-state index contributed by atoms with van der Waals surface area (Å²) in [5.41, 5.74) is 3.45. The van der Waals surface area contributed by atoms with E-state index in [2.05, 4.69) is 5.32 Å². The summed E-state index contributed by atoms with van der Waals surface area (Å²) in [7, 11) is 0. The fourth-order valence-corrected chi connectivity index (χ4v) is 3.36. The Morgan fingerprint density at radius 2 is 1.88 bits per heavy atom. The average molecular weight is 354 g/mol. The number of carbonyl (C=O) groups excluding carboxylic acids is 3. The summed E-state index contributed by atoms with van der Waals surface area (Å²) in [6.45, 7) is 2.65. The van der Waals surface area contributed by atoms with Crippen LogP contribution in [0, 0.1) is 6.92 Å². The molecule has 0 aliphatic carbocycles. The zero-order valence-electron chi connectivity index (χ0n) is 13.8. The number of thioether (sulfide) groups is 1. The number of rotatable bonds is 5. The first-order valence-corrected chi connectivity index (χ1v) is 8.91. The molecule has 0 atom stereocenters. The van der Waals surface area contributed by atoms with E-state index in [0.717, 1.165) is 28.5 Å². The van der Waals surface area contributed by atoms with Gasteiger partial charge in [-0.3, -0.25) is 19.3 Å². The van der Waals surface area contributed by atoms with Gasteiger partial charge in [-0.25, -0.2) is 0 Å². The predicted molar refractivity (Wildman–Crippen MR) is 97.2 cm³/mol. The van der Waals surface area contributed by atoms with Crippen molar-refractivity contribution in [1.82, 2.24) is 10.2 Å². The van der Waals surface area contributed by atoms with Crippen LogP contribution in [0.4, 0.5) is 4.79 Å². The summed E-state index contributed by atoms with van der Waals surface area (Å²) in [5.74, 6) is -0.184. The molecule has 1 aliphatic rings. The first-order valence-electron chi connectivity index (χ1n) is 7.93. The number of aryl methyl sites for hydroxylation is 1.